The fourth-order valence-corrected chi connectivity index (χ4v) is 6.58. The van der Waals surface area contributed by atoms with E-state index in [1.165, 1.54) is 24.0 Å². The zero-order valence-corrected chi connectivity index (χ0v) is 15.6. The van der Waals surface area contributed by atoms with E-state index >= 15 is 0 Å². The fourth-order valence-electron chi connectivity index (χ4n) is 6.58. The molecule has 2 N–H and O–H groups in total. The lowest BCUT2D eigenvalue weighted by molar-refractivity contribution is -0.0465. The number of aliphatic hydroxyl groups is 1. The van der Waals surface area contributed by atoms with Gasteiger partial charge in [0.2, 0.25) is 0 Å². The molecule has 2 heteroatoms. The van der Waals surface area contributed by atoms with Gasteiger partial charge in [-0.3, -0.25) is 0 Å². The second kappa shape index (κ2) is 5.24. The number of phenolic OH excluding ortho intramolecular Hbond substituents is 1. The van der Waals surface area contributed by atoms with E-state index in [1.807, 2.05) is 6.07 Å². The number of rotatable bonds is 1. The van der Waals surface area contributed by atoms with Crippen LogP contribution in [0.3, 0.4) is 0 Å². The van der Waals surface area contributed by atoms with Crippen molar-refractivity contribution in [3.05, 3.63) is 28.8 Å². The van der Waals surface area contributed by atoms with Crippen LogP contribution in [0.4, 0.5) is 0 Å². The smallest absolute Gasteiger partial charge is 0.119 e. The summed E-state index contributed by atoms with van der Waals surface area (Å²) in [7, 11) is 0. The maximum Gasteiger partial charge on any atom is 0.119 e. The number of aromatic hydroxyl groups is 1. The second-order valence-corrected chi connectivity index (χ2v) is 9.59. The standard InChI is InChI=1S/C22H32O2/c1-5-13-10-17-14(11-19(13)23)6-7-16-15(17)8-9-22(4)18(16)12-21(2,3)20(22)24/h10-11,15-16,18,20,23-24H,5-9,12H2,1-4H3/t15-,16+,18-,20-,22-/m0/s1. The first-order chi connectivity index (χ1) is 11.3. The van der Waals surface area contributed by atoms with Crippen LogP contribution < -0.4 is 0 Å². The summed E-state index contributed by atoms with van der Waals surface area (Å²) in [5.74, 6) is 2.43. The molecule has 3 aliphatic carbocycles. The lowest BCUT2D eigenvalue weighted by Gasteiger charge is -2.50. The SMILES string of the molecule is CCc1cc2c(cc1O)CC[C@@H]1[C@@H]2CC[C@@]2(C)[C@H]1CC(C)(C)[C@@H]2O. The molecule has 0 aliphatic heterocycles. The molecular weight excluding hydrogens is 296 g/mol. The Morgan fingerprint density at radius 2 is 1.92 bits per heavy atom. The molecule has 0 spiro atoms. The lowest BCUT2D eigenvalue weighted by Crippen LogP contribution is -2.45. The Balaban J connectivity index is 1.73. The van der Waals surface area contributed by atoms with Gasteiger partial charge in [0.15, 0.2) is 0 Å². The zero-order valence-electron chi connectivity index (χ0n) is 15.6. The predicted molar refractivity (Wildman–Crippen MR) is 97.3 cm³/mol. The van der Waals surface area contributed by atoms with Crippen molar-refractivity contribution in [2.45, 2.75) is 78.2 Å². The van der Waals surface area contributed by atoms with E-state index in [4.69, 9.17) is 0 Å². The first-order valence-corrected chi connectivity index (χ1v) is 9.80. The van der Waals surface area contributed by atoms with E-state index in [9.17, 15) is 10.2 Å². The second-order valence-electron chi connectivity index (χ2n) is 9.59. The molecular formula is C22H32O2. The Morgan fingerprint density at radius 3 is 2.62 bits per heavy atom. The van der Waals surface area contributed by atoms with E-state index in [1.54, 1.807) is 0 Å². The summed E-state index contributed by atoms with van der Waals surface area (Å²) in [5.41, 5.74) is 4.09. The Hall–Kier alpha value is -1.02. The van der Waals surface area contributed by atoms with Crippen LogP contribution >= 0.6 is 0 Å². The molecule has 2 nitrogen and oxygen atoms in total. The summed E-state index contributed by atoms with van der Waals surface area (Å²) in [6, 6.07) is 4.33. The van der Waals surface area contributed by atoms with Crippen LogP contribution in [0, 0.1) is 22.7 Å². The Bertz CT molecular complexity index is 662. The summed E-state index contributed by atoms with van der Waals surface area (Å²) in [4.78, 5) is 0. The summed E-state index contributed by atoms with van der Waals surface area (Å²) in [6.45, 7) is 8.97. The van der Waals surface area contributed by atoms with Gasteiger partial charge in [0, 0.05) is 0 Å². The van der Waals surface area contributed by atoms with Crippen LogP contribution in [0.1, 0.15) is 76.0 Å². The van der Waals surface area contributed by atoms with Gasteiger partial charge in [0.25, 0.3) is 0 Å². The van der Waals surface area contributed by atoms with E-state index in [-0.39, 0.29) is 16.9 Å². The number of aryl methyl sites for hydroxylation is 2. The quantitative estimate of drug-likeness (QED) is 0.777. The molecule has 24 heavy (non-hydrogen) atoms. The van der Waals surface area contributed by atoms with Crippen molar-refractivity contribution in [2.24, 2.45) is 22.7 Å². The minimum Gasteiger partial charge on any atom is -0.508 e. The summed E-state index contributed by atoms with van der Waals surface area (Å²) < 4.78 is 0. The predicted octanol–water partition coefficient (Wildman–Crippen LogP) is 4.81. The molecule has 2 saturated carbocycles. The van der Waals surface area contributed by atoms with Crippen molar-refractivity contribution < 1.29 is 10.2 Å². The number of benzene rings is 1. The molecule has 2 fully saturated rings. The van der Waals surface area contributed by atoms with Gasteiger partial charge in [-0.2, -0.15) is 0 Å². The zero-order chi connectivity index (χ0) is 17.3. The highest BCUT2D eigenvalue weighted by atomic mass is 16.3. The van der Waals surface area contributed by atoms with Crippen LogP contribution in [0.2, 0.25) is 0 Å². The molecule has 0 unspecified atom stereocenters. The average Bonchev–Trinajstić information content (AvgIpc) is 2.73. The molecule has 132 valence electrons. The van der Waals surface area contributed by atoms with Crippen molar-refractivity contribution in [3.63, 3.8) is 0 Å². The van der Waals surface area contributed by atoms with E-state index in [2.05, 4.69) is 33.8 Å². The highest BCUT2D eigenvalue weighted by Crippen LogP contribution is 2.65. The summed E-state index contributed by atoms with van der Waals surface area (Å²) >= 11 is 0. The van der Waals surface area contributed by atoms with Gasteiger partial charge in [0.05, 0.1) is 6.10 Å². The van der Waals surface area contributed by atoms with Gasteiger partial charge >= 0.3 is 0 Å². The number of aliphatic hydroxyl groups excluding tert-OH is 1. The molecule has 1 aromatic rings. The molecule has 3 aliphatic rings. The van der Waals surface area contributed by atoms with Crippen LogP contribution in [0.15, 0.2) is 12.1 Å². The van der Waals surface area contributed by atoms with E-state index < -0.39 is 0 Å². The molecule has 0 saturated heterocycles. The van der Waals surface area contributed by atoms with Gasteiger partial charge in [-0.15, -0.1) is 0 Å². The van der Waals surface area contributed by atoms with Gasteiger partial charge in [-0.1, -0.05) is 33.8 Å². The van der Waals surface area contributed by atoms with Crippen LogP contribution in [-0.2, 0) is 12.8 Å². The first kappa shape index (κ1) is 16.4. The number of phenols is 1. The van der Waals surface area contributed by atoms with Gasteiger partial charge in [-0.25, -0.2) is 0 Å². The number of hydrogen-bond donors (Lipinski definition) is 2. The monoisotopic (exact) mass is 328 g/mol. The average molecular weight is 328 g/mol. The highest BCUT2D eigenvalue weighted by Gasteiger charge is 2.60. The van der Waals surface area contributed by atoms with Gasteiger partial charge in [0.1, 0.15) is 5.75 Å². The van der Waals surface area contributed by atoms with E-state index in [0.717, 1.165) is 31.2 Å². The molecule has 1 aromatic carbocycles. The van der Waals surface area contributed by atoms with Crippen molar-refractivity contribution >= 4 is 0 Å². The largest absolute Gasteiger partial charge is 0.508 e. The van der Waals surface area contributed by atoms with Crippen molar-refractivity contribution in [2.75, 3.05) is 0 Å². The molecule has 0 radical (unpaired) electrons. The summed E-state index contributed by atoms with van der Waals surface area (Å²) in [5, 5.41) is 21.2. The minimum atomic E-state index is -0.177. The molecule has 0 aromatic heterocycles. The van der Waals surface area contributed by atoms with Gasteiger partial charge < -0.3 is 10.2 Å². The third-order valence-electron chi connectivity index (χ3n) is 7.85. The molecule has 0 heterocycles. The Labute approximate surface area is 146 Å². The topological polar surface area (TPSA) is 40.5 Å². The lowest BCUT2D eigenvalue weighted by atomic mass is 9.55. The molecule has 0 bridgehead atoms. The molecule has 0 amide bonds. The maximum atomic E-state index is 11.0. The maximum absolute atomic E-state index is 11.0. The van der Waals surface area contributed by atoms with Crippen LogP contribution in [0.5, 0.6) is 5.75 Å². The van der Waals surface area contributed by atoms with Crippen molar-refractivity contribution in [1.82, 2.24) is 0 Å². The van der Waals surface area contributed by atoms with Gasteiger partial charge in [-0.05, 0) is 89.9 Å². The number of fused-ring (bicyclic) bond motifs is 5. The van der Waals surface area contributed by atoms with E-state index in [0.29, 0.717) is 23.5 Å². The van der Waals surface area contributed by atoms with Crippen molar-refractivity contribution in [3.8, 4) is 5.75 Å². The minimum absolute atomic E-state index is 0.0398. The first-order valence-electron chi connectivity index (χ1n) is 9.80. The number of hydrogen-bond acceptors (Lipinski definition) is 2. The fraction of sp³-hybridized carbons (Fsp3) is 0.727. The van der Waals surface area contributed by atoms with Crippen molar-refractivity contribution in [1.29, 1.82) is 0 Å². The summed E-state index contributed by atoms with van der Waals surface area (Å²) in [6.07, 6.45) is 6.48. The van der Waals surface area contributed by atoms with Crippen LogP contribution in [0.25, 0.3) is 0 Å². The normalized spacial score (nSPS) is 39.9. The third-order valence-corrected chi connectivity index (χ3v) is 7.85. The Morgan fingerprint density at radius 1 is 1.17 bits per heavy atom. The Kier molecular flexibility index (Phi) is 3.59. The molecule has 4 rings (SSSR count). The molecule has 5 atom stereocenters. The third kappa shape index (κ3) is 2.11. The van der Waals surface area contributed by atoms with Crippen LogP contribution in [-0.4, -0.2) is 16.3 Å². The highest BCUT2D eigenvalue weighted by molar-refractivity contribution is 5.45.